The zero-order chi connectivity index (χ0) is 13.0. The van der Waals surface area contributed by atoms with E-state index in [1.807, 2.05) is 0 Å². The Kier molecular flexibility index (Phi) is 4.37. The molecule has 17 heavy (non-hydrogen) atoms. The van der Waals surface area contributed by atoms with Crippen molar-refractivity contribution < 1.29 is 9.53 Å². The first-order chi connectivity index (χ1) is 7.95. The highest BCUT2D eigenvalue weighted by molar-refractivity contribution is 5.96. The lowest BCUT2D eigenvalue weighted by atomic mass is 10.0. The summed E-state index contributed by atoms with van der Waals surface area (Å²) in [7, 11) is 1.36. The number of nitrogen functional groups attached to an aromatic ring is 1. The number of ether oxygens (including phenoxy) is 1. The molecule has 1 atom stereocenters. The molecule has 1 rings (SSSR count). The fraction of sp³-hybridized carbons (Fsp3) is 0.462. The maximum Gasteiger partial charge on any atom is 0.340 e. The zero-order valence-corrected chi connectivity index (χ0v) is 10.8. The predicted molar refractivity (Wildman–Crippen MR) is 70.1 cm³/mol. The molecule has 0 spiro atoms. The first kappa shape index (κ1) is 13.4. The topological polar surface area (TPSA) is 64.3 Å². The van der Waals surface area contributed by atoms with E-state index in [-0.39, 0.29) is 12.0 Å². The van der Waals surface area contributed by atoms with Gasteiger partial charge in [0, 0.05) is 17.4 Å². The van der Waals surface area contributed by atoms with E-state index in [1.54, 1.807) is 18.2 Å². The van der Waals surface area contributed by atoms with Crippen molar-refractivity contribution in [2.75, 3.05) is 18.2 Å². The summed E-state index contributed by atoms with van der Waals surface area (Å²) in [6.07, 6.45) is 0. The Morgan fingerprint density at radius 2 is 2.00 bits per heavy atom. The summed E-state index contributed by atoms with van der Waals surface area (Å²) in [5, 5.41) is 3.30. The Morgan fingerprint density at radius 3 is 2.53 bits per heavy atom. The third-order valence-electron chi connectivity index (χ3n) is 2.83. The van der Waals surface area contributed by atoms with Gasteiger partial charge in [0.1, 0.15) is 0 Å². The second-order valence-corrected chi connectivity index (χ2v) is 4.47. The van der Waals surface area contributed by atoms with E-state index in [1.165, 1.54) is 7.11 Å². The molecular weight excluding hydrogens is 216 g/mol. The Labute approximate surface area is 102 Å². The quantitative estimate of drug-likeness (QED) is 0.622. The summed E-state index contributed by atoms with van der Waals surface area (Å²) in [4.78, 5) is 11.6. The van der Waals surface area contributed by atoms with Crippen molar-refractivity contribution in [3.05, 3.63) is 23.8 Å². The van der Waals surface area contributed by atoms with Gasteiger partial charge < -0.3 is 15.8 Å². The van der Waals surface area contributed by atoms with Gasteiger partial charge in [-0.15, -0.1) is 0 Å². The van der Waals surface area contributed by atoms with Gasteiger partial charge in [-0.2, -0.15) is 0 Å². The summed E-state index contributed by atoms with van der Waals surface area (Å²) >= 11 is 0. The monoisotopic (exact) mass is 236 g/mol. The van der Waals surface area contributed by atoms with Crippen LogP contribution >= 0.6 is 0 Å². The first-order valence-corrected chi connectivity index (χ1v) is 5.70. The fourth-order valence-corrected chi connectivity index (χ4v) is 1.38. The molecule has 0 heterocycles. The highest BCUT2D eigenvalue weighted by Crippen LogP contribution is 2.22. The number of hydrogen-bond donors (Lipinski definition) is 2. The Bertz CT molecular complexity index is 402. The molecule has 0 saturated carbocycles. The van der Waals surface area contributed by atoms with Crippen LogP contribution in [-0.4, -0.2) is 19.1 Å². The molecule has 1 aromatic carbocycles. The highest BCUT2D eigenvalue weighted by atomic mass is 16.5. The molecule has 3 N–H and O–H groups in total. The van der Waals surface area contributed by atoms with E-state index in [2.05, 4.69) is 26.1 Å². The van der Waals surface area contributed by atoms with E-state index in [0.29, 0.717) is 17.2 Å². The number of carbonyl (C=O) groups is 1. The fourth-order valence-electron chi connectivity index (χ4n) is 1.38. The van der Waals surface area contributed by atoms with Crippen LogP contribution in [0.5, 0.6) is 0 Å². The van der Waals surface area contributed by atoms with Crippen LogP contribution in [0.2, 0.25) is 0 Å². The molecule has 0 aromatic heterocycles. The average Bonchev–Trinajstić information content (AvgIpc) is 2.30. The van der Waals surface area contributed by atoms with Crippen LogP contribution in [-0.2, 0) is 4.74 Å². The van der Waals surface area contributed by atoms with Gasteiger partial charge in [0.25, 0.3) is 0 Å². The van der Waals surface area contributed by atoms with Crippen molar-refractivity contribution in [1.29, 1.82) is 0 Å². The molecule has 0 radical (unpaired) electrons. The van der Waals surface area contributed by atoms with Gasteiger partial charge >= 0.3 is 5.97 Å². The molecule has 1 unspecified atom stereocenters. The van der Waals surface area contributed by atoms with Crippen LogP contribution in [0.3, 0.4) is 0 Å². The SMILES string of the molecule is COC(=O)c1cc(N)ccc1NC(C)C(C)C. The Balaban J connectivity index is 3.02. The minimum Gasteiger partial charge on any atom is -0.465 e. The van der Waals surface area contributed by atoms with Crippen LogP contribution in [0.4, 0.5) is 11.4 Å². The number of nitrogens with two attached hydrogens (primary N) is 1. The Morgan fingerprint density at radius 1 is 1.35 bits per heavy atom. The summed E-state index contributed by atoms with van der Waals surface area (Å²) in [5.74, 6) is 0.0915. The van der Waals surface area contributed by atoms with Gasteiger partial charge in [0.05, 0.1) is 12.7 Å². The van der Waals surface area contributed by atoms with Gasteiger partial charge in [0.15, 0.2) is 0 Å². The van der Waals surface area contributed by atoms with Crippen molar-refractivity contribution >= 4 is 17.3 Å². The van der Waals surface area contributed by atoms with Crippen LogP contribution in [0.15, 0.2) is 18.2 Å². The second kappa shape index (κ2) is 5.57. The van der Waals surface area contributed by atoms with Crippen LogP contribution in [0.25, 0.3) is 0 Å². The molecular formula is C13H20N2O2. The number of esters is 1. The molecule has 0 saturated heterocycles. The molecule has 0 fully saturated rings. The third kappa shape index (κ3) is 3.37. The lowest BCUT2D eigenvalue weighted by Crippen LogP contribution is -2.23. The summed E-state index contributed by atoms with van der Waals surface area (Å²) < 4.78 is 4.74. The van der Waals surface area contributed by atoms with Crippen molar-refractivity contribution in [3.63, 3.8) is 0 Å². The smallest absolute Gasteiger partial charge is 0.340 e. The van der Waals surface area contributed by atoms with Gasteiger partial charge in [-0.1, -0.05) is 13.8 Å². The molecule has 1 aromatic rings. The summed E-state index contributed by atoms with van der Waals surface area (Å²) in [6, 6.07) is 5.46. The maximum atomic E-state index is 11.6. The molecule has 0 amide bonds. The number of nitrogens with one attached hydrogen (secondary N) is 1. The number of anilines is 2. The molecule has 0 aliphatic heterocycles. The van der Waals surface area contributed by atoms with Crippen molar-refractivity contribution in [3.8, 4) is 0 Å². The third-order valence-corrected chi connectivity index (χ3v) is 2.83. The lowest BCUT2D eigenvalue weighted by Gasteiger charge is -2.20. The van der Waals surface area contributed by atoms with Gasteiger partial charge in [-0.3, -0.25) is 0 Å². The number of methoxy groups -OCH3 is 1. The van der Waals surface area contributed by atoms with E-state index in [4.69, 9.17) is 10.5 Å². The predicted octanol–water partition coefficient (Wildman–Crippen LogP) is 2.51. The van der Waals surface area contributed by atoms with E-state index in [0.717, 1.165) is 5.69 Å². The van der Waals surface area contributed by atoms with Crippen molar-refractivity contribution in [2.24, 2.45) is 5.92 Å². The number of benzene rings is 1. The Hall–Kier alpha value is -1.71. The van der Waals surface area contributed by atoms with Gasteiger partial charge in [-0.05, 0) is 31.0 Å². The molecule has 0 aliphatic rings. The maximum absolute atomic E-state index is 11.6. The minimum atomic E-state index is -0.379. The van der Waals surface area contributed by atoms with E-state index < -0.39 is 0 Å². The van der Waals surface area contributed by atoms with Gasteiger partial charge in [-0.25, -0.2) is 4.79 Å². The number of hydrogen-bond acceptors (Lipinski definition) is 4. The lowest BCUT2D eigenvalue weighted by molar-refractivity contribution is 0.0602. The number of carbonyl (C=O) groups excluding carboxylic acids is 1. The largest absolute Gasteiger partial charge is 0.465 e. The van der Waals surface area contributed by atoms with Crippen LogP contribution < -0.4 is 11.1 Å². The summed E-state index contributed by atoms with van der Waals surface area (Å²) in [6.45, 7) is 6.31. The molecule has 4 nitrogen and oxygen atoms in total. The van der Waals surface area contributed by atoms with Crippen LogP contribution in [0, 0.1) is 5.92 Å². The van der Waals surface area contributed by atoms with Crippen molar-refractivity contribution in [2.45, 2.75) is 26.8 Å². The molecule has 0 aliphatic carbocycles. The summed E-state index contributed by atoms with van der Waals surface area (Å²) in [5.41, 5.74) is 7.45. The standard InChI is InChI=1S/C13H20N2O2/c1-8(2)9(3)15-12-6-5-10(14)7-11(12)13(16)17-4/h5-9,15H,14H2,1-4H3. The first-order valence-electron chi connectivity index (χ1n) is 5.70. The molecule has 0 bridgehead atoms. The minimum absolute atomic E-state index is 0.266. The average molecular weight is 236 g/mol. The van der Waals surface area contributed by atoms with E-state index >= 15 is 0 Å². The second-order valence-electron chi connectivity index (χ2n) is 4.47. The van der Waals surface area contributed by atoms with Crippen molar-refractivity contribution in [1.82, 2.24) is 0 Å². The zero-order valence-electron chi connectivity index (χ0n) is 10.8. The van der Waals surface area contributed by atoms with E-state index in [9.17, 15) is 4.79 Å². The highest BCUT2D eigenvalue weighted by Gasteiger charge is 2.15. The molecule has 4 heteroatoms. The molecule has 94 valence electrons. The normalized spacial score (nSPS) is 12.3. The number of rotatable bonds is 4. The van der Waals surface area contributed by atoms with Gasteiger partial charge in [0.2, 0.25) is 0 Å². The van der Waals surface area contributed by atoms with Crippen LogP contribution in [0.1, 0.15) is 31.1 Å².